The highest BCUT2D eigenvalue weighted by molar-refractivity contribution is 5.40. The molecule has 1 aliphatic heterocycles. The van der Waals surface area contributed by atoms with E-state index >= 15 is 0 Å². The van der Waals surface area contributed by atoms with E-state index in [1.807, 2.05) is 12.1 Å². The van der Waals surface area contributed by atoms with Crippen LogP contribution in [0.3, 0.4) is 0 Å². The van der Waals surface area contributed by atoms with E-state index < -0.39 is 0 Å². The average Bonchev–Trinajstić information content (AvgIpc) is 2.96. The topological polar surface area (TPSA) is 39.7 Å². The van der Waals surface area contributed by atoms with Crippen molar-refractivity contribution < 1.29 is 14.2 Å². The summed E-state index contributed by atoms with van der Waals surface area (Å²) in [6.45, 7) is 6.53. The first-order chi connectivity index (χ1) is 9.69. The molecule has 1 heterocycles. The zero-order valence-electron chi connectivity index (χ0n) is 12.6. The van der Waals surface area contributed by atoms with Gasteiger partial charge in [0, 0.05) is 30.8 Å². The number of hydrogen-bond acceptors (Lipinski definition) is 4. The van der Waals surface area contributed by atoms with Gasteiger partial charge in [0.15, 0.2) is 0 Å². The molecule has 1 aromatic carbocycles. The molecular formula is C16H25NO3. The maximum atomic E-state index is 5.95. The maximum absolute atomic E-state index is 5.95. The van der Waals surface area contributed by atoms with Gasteiger partial charge in [0.05, 0.1) is 13.2 Å². The Morgan fingerprint density at radius 1 is 1.40 bits per heavy atom. The van der Waals surface area contributed by atoms with Gasteiger partial charge in [-0.1, -0.05) is 19.9 Å². The Bertz CT molecular complexity index is 414. The van der Waals surface area contributed by atoms with Gasteiger partial charge in [-0.2, -0.15) is 0 Å². The fourth-order valence-electron chi connectivity index (χ4n) is 2.21. The van der Waals surface area contributed by atoms with Crippen LogP contribution in [0.4, 0.5) is 0 Å². The van der Waals surface area contributed by atoms with Crippen LogP contribution >= 0.6 is 0 Å². The Morgan fingerprint density at radius 3 is 2.90 bits per heavy atom. The van der Waals surface area contributed by atoms with E-state index in [9.17, 15) is 0 Å². The van der Waals surface area contributed by atoms with Crippen LogP contribution in [0.5, 0.6) is 11.5 Å². The molecule has 4 heteroatoms. The predicted octanol–water partition coefficient (Wildman–Crippen LogP) is 2.75. The summed E-state index contributed by atoms with van der Waals surface area (Å²) in [6.07, 6.45) is 2.45. The summed E-state index contributed by atoms with van der Waals surface area (Å²) >= 11 is 0. The average molecular weight is 279 g/mol. The van der Waals surface area contributed by atoms with Gasteiger partial charge in [-0.25, -0.2) is 0 Å². The van der Waals surface area contributed by atoms with Crippen molar-refractivity contribution in [1.82, 2.24) is 5.32 Å². The summed E-state index contributed by atoms with van der Waals surface area (Å²) in [5, 5.41) is 3.42. The number of methoxy groups -OCH3 is 1. The molecule has 1 aromatic rings. The fourth-order valence-corrected chi connectivity index (χ4v) is 2.21. The van der Waals surface area contributed by atoms with Crippen LogP contribution in [0.15, 0.2) is 18.2 Å². The third-order valence-corrected chi connectivity index (χ3v) is 3.42. The van der Waals surface area contributed by atoms with Crippen LogP contribution in [-0.4, -0.2) is 32.5 Å². The minimum atomic E-state index is 0.229. The number of ether oxygens (including phenoxy) is 3. The Balaban J connectivity index is 2.01. The lowest BCUT2D eigenvalue weighted by atomic mass is 10.1. The molecule has 1 saturated heterocycles. The van der Waals surface area contributed by atoms with Gasteiger partial charge in [0.1, 0.15) is 18.1 Å². The molecule has 1 atom stereocenters. The third kappa shape index (κ3) is 4.39. The molecule has 0 aliphatic carbocycles. The Labute approximate surface area is 121 Å². The van der Waals surface area contributed by atoms with Crippen molar-refractivity contribution in [3.8, 4) is 11.5 Å². The molecule has 4 nitrogen and oxygen atoms in total. The molecule has 2 rings (SSSR count). The molecule has 0 spiro atoms. The summed E-state index contributed by atoms with van der Waals surface area (Å²) in [4.78, 5) is 0. The highest BCUT2D eigenvalue weighted by Gasteiger charge is 2.17. The molecule has 1 unspecified atom stereocenters. The number of hydrogen-bond donors (Lipinski definition) is 1. The van der Waals surface area contributed by atoms with Gasteiger partial charge in [-0.15, -0.1) is 0 Å². The molecule has 0 aromatic heterocycles. The van der Waals surface area contributed by atoms with E-state index in [1.165, 1.54) is 0 Å². The quantitative estimate of drug-likeness (QED) is 0.833. The second kappa shape index (κ2) is 7.50. The van der Waals surface area contributed by atoms with Gasteiger partial charge in [0.25, 0.3) is 0 Å². The van der Waals surface area contributed by atoms with Crippen molar-refractivity contribution in [2.24, 2.45) is 0 Å². The molecule has 1 N–H and O–H groups in total. The van der Waals surface area contributed by atoms with Crippen LogP contribution in [0.1, 0.15) is 32.3 Å². The van der Waals surface area contributed by atoms with E-state index in [0.717, 1.165) is 43.1 Å². The molecule has 0 radical (unpaired) electrons. The first kappa shape index (κ1) is 15.1. The molecule has 0 saturated carbocycles. The van der Waals surface area contributed by atoms with E-state index in [4.69, 9.17) is 14.2 Å². The van der Waals surface area contributed by atoms with Crippen molar-refractivity contribution >= 4 is 0 Å². The zero-order chi connectivity index (χ0) is 14.4. The van der Waals surface area contributed by atoms with E-state index in [2.05, 4.69) is 25.2 Å². The SMILES string of the molecule is COc1ccc(CNC(C)C)c(OCC2CCCO2)c1. The van der Waals surface area contributed by atoms with Crippen molar-refractivity contribution in [2.75, 3.05) is 20.3 Å². The largest absolute Gasteiger partial charge is 0.497 e. The summed E-state index contributed by atoms with van der Waals surface area (Å²) in [6, 6.07) is 6.42. The number of benzene rings is 1. The third-order valence-electron chi connectivity index (χ3n) is 3.42. The summed E-state index contributed by atoms with van der Waals surface area (Å²) < 4.78 is 16.8. The van der Waals surface area contributed by atoms with Gasteiger partial charge in [-0.05, 0) is 18.9 Å². The normalized spacial score (nSPS) is 18.5. The van der Waals surface area contributed by atoms with Crippen LogP contribution in [0, 0.1) is 0 Å². The van der Waals surface area contributed by atoms with E-state index in [-0.39, 0.29) is 6.10 Å². The molecule has 1 aliphatic rings. The van der Waals surface area contributed by atoms with Gasteiger partial charge in [-0.3, -0.25) is 0 Å². The lowest BCUT2D eigenvalue weighted by molar-refractivity contribution is 0.0675. The Kier molecular flexibility index (Phi) is 5.68. The summed E-state index contributed by atoms with van der Waals surface area (Å²) in [7, 11) is 1.67. The standard InChI is InChI=1S/C16H25NO3/c1-12(2)17-10-13-6-7-14(18-3)9-16(13)20-11-15-5-4-8-19-15/h6-7,9,12,15,17H,4-5,8,10-11H2,1-3H3. The first-order valence-corrected chi connectivity index (χ1v) is 7.33. The second-order valence-electron chi connectivity index (χ2n) is 5.46. The molecule has 112 valence electrons. The smallest absolute Gasteiger partial charge is 0.127 e. The van der Waals surface area contributed by atoms with Gasteiger partial charge >= 0.3 is 0 Å². The Hall–Kier alpha value is -1.26. The molecule has 0 amide bonds. The Morgan fingerprint density at radius 2 is 2.25 bits per heavy atom. The van der Waals surface area contributed by atoms with Crippen molar-refractivity contribution in [2.45, 2.75) is 45.4 Å². The second-order valence-corrected chi connectivity index (χ2v) is 5.46. The first-order valence-electron chi connectivity index (χ1n) is 7.33. The van der Waals surface area contributed by atoms with Gasteiger partial charge < -0.3 is 19.5 Å². The lowest BCUT2D eigenvalue weighted by Crippen LogP contribution is -2.23. The van der Waals surface area contributed by atoms with Gasteiger partial charge in [0.2, 0.25) is 0 Å². The molecular weight excluding hydrogens is 254 g/mol. The number of nitrogens with one attached hydrogen (secondary N) is 1. The highest BCUT2D eigenvalue weighted by atomic mass is 16.5. The monoisotopic (exact) mass is 279 g/mol. The van der Waals surface area contributed by atoms with Crippen LogP contribution in [0.2, 0.25) is 0 Å². The molecule has 1 fully saturated rings. The predicted molar refractivity (Wildman–Crippen MR) is 79.4 cm³/mol. The van der Waals surface area contributed by atoms with Crippen LogP contribution in [-0.2, 0) is 11.3 Å². The maximum Gasteiger partial charge on any atom is 0.127 e. The zero-order valence-corrected chi connectivity index (χ0v) is 12.6. The van der Waals surface area contributed by atoms with E-state index in [0.29, 0.717) is 12.6 Å². The van der Waals surface area contributed by atoms with Crippen molar-refractivity contribution in [3.05, 3.63) is 23.8 Å². The van der Waals surface area contributed by atoms with Crippen molar-refractivity contribution in [3.63, 3.8) is 0 Å². The van der Waals surface area contributed by atoms with Crippen molar-refractivity contribution in [1.29, 1.82) is 0 Å². The minimum absolute atomic E-state index is 0.229. The van der Waals surface area contributed by atoms with E-state index in [1.54, 1.807) is 7.11 Å². The summed E-state index contributed by atoms with van der Waals surface area (Å²) in [5.74, 6) is 1.70. The minimum Gasteiger partial charge on any atom is -0.497 e. The van der Waals surface area contributed by atoms with Crippen LogP contribution in [0.25, 0.3) is 0 Å². The number of rotatable bonds is 7. The highest BCUT2D eigenvalue weighted by Crippen LogP contribution is 2.26. The van der Waals surface area contributed by atoms with Crippen LogP contribution < -0.4 is 14.8 Å². The molecule has 0 bridgehead atoms. The lowest BCUT2D eigenvalue weighted by Gasteiger charge is -2.17. The molecule has 20 heavy (non-hydrogen) atoms. The summed E-state index contributed by atoms with van der Waals surface area (Å²) in [5.41, 5.74) is 1.15. The fraction of sp³-hybridized carbons (Fsp3) is 0.625.